The Kier molecular flexibility index (Phi) is 5.06. The van der Waals surface area contributed by atoms with Gasteiger partial charge in [-0.15, -0.1) is 11.3 Å². The lowest BCUT2D eigenvalue weighted by Gasteiger charge is -2.43. The number of amides is 2. The van der Waals surface area contributed by atoms with Crippen LogP contribution in [-0.4, -0.2) is 44.1 Å². The summed E-state index contributed by atoms with van der Waals surface area (Å²) in [6, 6.07) is 5.56. The number of carbonyl (C=O) groups is 1. The van der Waals surface area contributed by atoms with Gasteiger partial charge >= 0.3 is 12.2 Å². The van der Waals surface area contributed by atoms with Gasteiger partial charge < -0.3 is 21.1 Å². The predicted molar refractivity (Wildman–Crippen MR) is 108 cm³/mol. The zero-order valence-corrected chi connectivity index (χ0v) is 17.0. The number of alkyl halides is 3. The van der Waals surface area contributed by atoms with Crippen LogP contribution < -0.4 is 11.1 Å². The maximum absolute atomic E-state index is 12.9. The molecule has 4 rings (SSSR count). The first-order valence-corrected chi connectivity index (χ1v) is 9.87. The average Bonchev–Trinajstić information content (AvgIpc) is 3.15. The summed E-state index contributed by atoms with van der Waals surface area (Å²) >= 11 is 1.26. The highest BCUT2D eigenvalue weighted by Gasteiger charge is 2.46. The molecular formula is C19H17F3N6O2S. The number of thiazole rings is 1. The smallest absolute Gasteiger partial charge is 0.379 e. The fourth-order valence-electron chi connectivity index (χ4n) is 3.20. The van der Waals surface area contributed by atoms with E-state index in [2.05, 4.69) is 20.3 Å². The average molecular weight is 450 g/mol. The zero-order chi connectivity index (χ0) is 22.4. The quantitative estimate of drug-likeness (QED) is 0.562. The number of anilines is 2. The first kappa shape index (κ1) is 21.0. The molecule has 162 valence electrons. The standard InChI is InChI=1S/C19H17F3N6O2S/c1-10-4-11(13-7-25-15(31-13)18(30)8-28(9-18)16(23)29)6-12(5-10)26-17-24-3-2-14(27-17)19(20,21)22/h2-7,30H,8-9H2,1H3,(H2,23,29)(H,24,26,27). The Balaban J connectivity index is 1.57. The fraction of sp³-hybridized carbons (Fsp3) is 0.263. The van der Waals surface area contributed by atoms with E-state index in [1.807, 2.05) is 13.0 Å². The SMILES string of the molecule is Cc1cc(Nc2nccc(C(F)(F)F)n2)cc(-c2cnc(C3(O)CN(C(N)=O)C3)s2)c1. The number of aryl methyl sites for hydroxylation is 1. The van der Waals surface area contributed by atoms with E-state index in [0.717, 1.165) is 28.3 Å². The van der Waals surface area contributed by atoms with Crippen LogP contribution in [0.15, 0.2) is 36.7 Å². The lowest BCUT2D eigenvalue weighted by Crippen LogP contribution is -2.62. The van der Waals surface area contributed by atoms with Gasteiger partial charge in [-0.05, 0) is 36.2 Å². The second kappa shape index (κ2) is 7.46. The van der Waals surface area contributed by atoms with Crippen LogP contribution in [0.2, 0.25) is 0 Å². The third kappa shape index (κ3) is 4.30. The fourth-order valence-corrected chi connectivity index (χ4v) is 4.18. The van der Waals surface area contributed by atoms with Crippen molar-refractivity contribution in [3.63, 3.8) is 0 Å². The highest BCUT2D eigenvalue weighted by Crippen LogP contribution is 2.38. The van der Waals surface area contributed by atoms with E-state index in [9.17, 15) is 23.1 Å². The molecule has 3 heterocycles. The van der Waals surface area contributed by atoms with E-state index >= 15 is 0 Å². The Hall–Kier alpha value is -3.25. The van der Waals surface area contributed by atoms with Crippen LogP contribution in [0.4, 0.5) is 29.6 Å². The van der Waals surface area contributed by atoms with E-state index in [4.69, 9.17) is 5.73 Å². The molecule has 0 bridgehead atoms. The molecular weight excluding hydrogens is 433 g/mol. The van der Waals surface area contributed by atoms with Crippen molar-refractivity contribution in [2.45, 2.75) is 18.7 Å². The van der Waals surface area contributed by atoms with Gasteiger partial charge in [0.2, 0.25) is 5.95 Å². The van der Waals surface area contributed by atoms with Crippen LogP contribution in [0.5, 0.6) is 0 Å². The second-order valence-corrected chi connectivity index (χ2v) is 8.26. The number of nitrogens with two attached hydrogens (primary N) is 1. The number of halogens is 3. The molecule has 2 amide bonds. The number of rotatable bonds is 4. The summed E-state index contributed by atoms with van der Waals surface area (Å²) in [4.78, 5) is 24.9. The van der Waals surface area contributed by atoms with Gasteiger partial charge in [0, 0.05) is 18.1 Å². The number of aliphatic hydroxyl groups is 1. The van der Waals surface area contributed by atoms with Gasteiger partial charge in [-0.2, -0.15) is 13.2 Å². The van der Waals surface area contributed by atoms with Crippen molar-refractivity contribution in [1.29, 1.82) is 0 Å². The molecule has 3 aromatic rings. The zero-order valence-electron chi connectivity index (χ0n) is 16.1. The maximum Gasteiger partial charge on any atom is 0.433 e. The Morgan fingerprint density at radius 1 is 1.29 bits per heavy atom. The summed E-state index contributed by atoms with van der Waals surface area (Å²) < 4.78 is 38.7. The van der Waals surface area contributed by atoms with E-state index in [-0.39, 0.29) is 19.0 Å². The Labute approximate surface area is 178 Å². The second-order valence-electron chi connectivity index (χ2n) is 7.23. The van der Waals surface area contributed by atoms with Gasteiger partial charge in [0.15, 0.2) is 5.60 Å². The minimum atomic E-state index is -4.57. The number of urea groups is 1. The maximum atomic E-state index is 12.9. The number of hydrogen-bond acceptors (Lipinski definition) is 7. The number of aromatic nitrogens is 3. The normalized spacial score (nSPS) is 15.5. The first-order chi connectivity index (χ1) is 14.5. The minimum absolute atomic E-state index is 0.0722. The lowest BCUT2D eigenvalue weighted by molar-refractivity contribution is -0.141. The van der Waals surface area contributed by atoms with Gasteiger partial charge in [0.1, 0.15) is 10.7 Å². The van der Waals surface area contributed by atoms with Crippen LogP contribution in [0.1, 0.15) is 16.3 Å². The Morgan fingerprint density at radius 3 is 2.71 bits per heavy atom. The van der Waals surface area contributed by atoms with Crippen LogP contribution in [0.3, 0.4) is 0 Å². The van der Waals surface area contributed by atoms with Gasteiger partial charge in [-0.1, -0.05) is 6.07 Å². The van der Waals surface area contributed by atoms with E-state index in [1.54, 1.807) is 18.3 Å². The Morgan fingerprint density at radius 2 is 2.03 bits per heavy atom. The summed E-state index contributed by atoms with van der Waals surface area (Å²) in [5.41, 5.74) is 5.04. The van der Waals surface area contributed by atoms with Crippen LogP contribution in [-0.2, 0) is 11.8 Å². The van der Waals surface area contributed by atoms with Crippen LogP contribution in [0, 0.1) is 6.92 Å². The lowest BCUT2D eigenvalue weighted by atomic mass is 9.96. The number of nitrogens with one attached hydrogen (secondary N) is 1. The molecule has 0 saturated carbocycles. The highest BCUT2D eigenvalue weighted by atomic mass is 32.1. The summed E-state index contributed by atoms with van der Waals surface area (Å²) in [6.07, 6.45) is -1.93. The number of hydrogen-bond donors (Lipinski definition) is 3. The number of carbonyl (C=O) groups excluding carboxylic acids is 1. The number of likely N-dealkylation sites (tertiary alicyclic amines) is 1. The largest absolute Gasteiger partial charge is 0.433 e. The number of primary amides is 1. The van der Waals surface area contributed by atoms with Crippen LogP contribution in [0.25, 0.3) is 10.4 Å². The molecule has 1 aliphatic rings. The third-order valence-electron chi connectivity index (χ3n) is 4.68. The topological polar surface area (TPSA) is 117 Å². The first-order valence-electron chi connectivity index (χ1n) is 9.06. The van der Waals surface area contributed by atoms with Crippen molar-refractivity contribution in [3.05, 3.63) is 52.9 Å². The summed E-state index contributed by atoms with van der Waals surface area (Å²) in [5, 5.41) is 13.9. The van der Waals surface area contributed by atoms with Crippen molar-refractivity contribution in [1.82, 2.24) is 19.9 Å². The van der Waals surface area contributed by atoms with E-state index < -0.39 is 23.5 Å². The molecule has 0 aliphatic carbocycles. The van der Waals surface area contributed by atoms with E-state index in [1.165, 1.54) is 16.2 Å². The van der Waals surface area contributed by atoms with Crippen molar-refractivity contribution in [3.8, 4) is 10.4 Å². The molecule has 1 saturated heterocycles. The molecule has 0 spiro atoms. The number of benzene rings is 1. The molecule has 1 aromatic carbocycles. The molecule has 2 aromatic heterocycles. The summed E-state index contributed by atoms with van der Waals surface area (Å²) in [6.45, 7) is 1.99. The minimum Gasteiger partial charge on any atom is -0.379 e. The highest BCUT2D eigenvalue weighted by molar-refractivity contribution is 7.15. The van der Waals surface area contributed by atoms with Gasteiger partial charge in [0.25, 0.3) is 0 Å². The molecule has 0 radical (unpaired) electrons. The summed E-state index contributed by atoms with van der Waals surface area (Å²) in [5.74, 6) is -0.174. The van der Waals surface area contributed by atoms with Gasteiger partial charge in [-0.25, -0.2) is 19.7 Å². The predicted octanol–water partition coefficient (Wildman–Crippen LogP) is 3.25. The molecule has 1 fully saturated rings. The molecule has 0 unspecified atom stereocenters. The molecule has 12 heteroatoms. The van der Waals surface area contributed by atoms with Crippen molar-refractivity contribution >= 4 is 29.0 Å². The molecule has 8 nitrogen and oxygen atoms in total. The van der Waals surface area contributed by atoms with Gasteiger partial charge in [-0.3, -0.25) is 0 Å². The van der Waals surface area contributed by atoms with Crippen molar-refractivity contribution < 1.29 is 23.1 Å². The molecule has 4 N–H and O–H groups in total. The molecule has 31 heavy (non-hydrogen) atoms. The molecule has 1 aliphatic heterocycles. The monoisotopic (exact) mass is 450 g/mol. The number of nitrogens with zero attached hydrogens (tertiary/aromatic N) is 4. The van der Waals surface area contributed by atoms with Crippen molar-refractivity contribution in [2.24, 2.45) is 5.73 Å². The summed E-state index contributed by atoms with van der Waals surface area (Å²) in [7, 11) is 0. The Bertz CT molecular complexity index is 1140. The number of β-amino-alcohol motifs (C(OH)–C–C–N with tert-alkyl or cyclic N) is 1. The van der Waals surface area contributed by atoms with Crippen LogP contribution >= 0.6 is 11.3 Å². The molecule has 0 atom stereocenters. The third-order valence-corrected chi connectivity index (χ3v) is 5.92. The van der Waals surface area contributed by atoms with Gasteiger partial charge in [0.05, 0.1) is 18.0 Å². The van der Waals surface area contributed by atoms with Crippen molar-refractivity contribution in [2.75, 3.05) is 18.4 Å². The van der Waals surface area contributed by atoms with E-state index in [0.29, 0.717) is 10.7 Å².